The molecule has 0 saturated heterocycles. The quantitative estimate of drug-likeness (QED) is 0.223. The Morgan fingerprint density at radius 2 is 1.13 bits per heavy atom. The maximum Gasteiger partial charge on any atom is 0.213 e. The van der Waals surface area contributed by atoms with Crippen molar-refractivity contribution in [1.29, 1.82) is 10.8 Å². The first-order valence-electron chi connectivity index (χ1n) is 12.7. The molecule has 0 spiro atoms. The Morgan fingerprint density at radius 1 is 0.718 bits per heavy atom. The van der Waals surface area contributed by atoms with Gasteiger partial charge in [0.2, 0.25) is 11.8 Å². The van der Waals surface area contributed by atoms with Gasteiger partial charge in [-0.2, -0.15) is 0 Å². The highest BCUT2D eigenvalue weighted by molar-refractivity contribution is 5.92. The Labute approximate surface area is 229 Å². The van der Waals surface area contributed by atoms with Gasteiger partial charge in [-0.3, -0.25) is 10.8 Å². The van der Waals surface area contributed by atoms with Crippen LogP contribution in [0.4, 0.5) is 15.8 Å². The zero-order chi connectivity index (χ0) is 28.5. The Morgan fingerprint density at radius 3 is 1.49 bits per heavy atom. The molecule has 0 heterocycles. The number of hydrogen-bond donors (Lipinski definition) is 2. The molecule has 3 rings (SSSR count). The largest absolute Gasteiger partial charge is 0.496 e. The van der Waals surface area contributed by atoms with Gasteiger partial charge < -0.3 is 28.7 Å². The van der Waals surface area contributed by atoms with E-state index in [9.17, 15) is 0 Å². The van der Waals surface area contributed by atoms with Gasteiger partial charge in [0.25, 0.3) is 0 Å². The molecule has 0 radical (unpaired) electrons. The molecule has 0 unspecified atom stereocenters. The minimum Gasteiger partial charge on any atom is -0.496 e. The van der Waals surface area contributed by atoms with Gasteiger partial charge in [-0.15, -0.1) is 0 Å². The van der Waals surface area contributed by atoms with Gasteiger partial charge in [0, 0.05) is 49.4 Å². The minimum absolute atomic E-state index is 0.0799. The lowest BCUT2D eigenvalue weighted by molar-refractivity contribution is 0.325. The molecule has 0 bridgehead atoms. The maximum atomic E-state index is 15.8. The Hall–Kier alpha value is -4.27. The second-order valence-electron chi connectivity index (χ2n) is 8.90. The van der Waals surface area contributed by atoms with Gasteiger partial charge in [0.05, 0.1) is 38.8 Å². The zero-order valence-corrected chi connectivity index (χ0v) is 23.4. The van der Waals surface area contributed by atoms with Crippen LogP contribution in [0.5, 0.6) is 11.5 Å². The van der Waals surface area contributed by atoms with Crippen LogP contribution in [0.1, 0.15) is 36.1 Å². The average molecular weight is 537 g/mol. The van der Waals surface area contributed by atoms with Crippen molar-refractivity contribution in [2.24, 2.45) is 0 Å². The fourth-order valence-electron chi connectivity index (χ4n) is 4.27. The summed E-state index contributed by atoms with van der Waals surface area (Å²) in [5.41, 5.74) is 3.84. The van der Waals surface area contributed by atoms with Gasteiger partial charge in [-0.05, 0) is 50.2 Å². The van der Waals surface area contributed by atoms with Crippen LogP contribution in [-0.2, 0) is 22.6 Å². The zero-order valence-electron chi connectivity index (χ0n) is 23.4. The third-order valence-electron chi connectivity index (χ3n) is 6.27. The third kappa shape index (κ3) is 6.98. The van der Waals surface area contributed by atoms with E-state index in [4.69, 9.17) is 29.8 Å². The van der Waals surface area contributed by atoms with Crippen molar-refractivity contribution in [1.82, 2.24) is 0 Å². The first kappa shape index (κ1) is 29.3. The van der Waals surface area contributed by atoms with E-state index in [-0.39, 0.29) is 17.6 Å². The first-order chi connectivity index (χ1) is 18.7. The number of ether oxygens (including phenoxy) is 4. The maximum absolute atomic E-state index is 15.8. The topological polar surface area (TPSA) is 91.1 Å². The van der Waals surface area contributed by atoms with Crippen LogP contribution in [0, 0.1) is 16.6 Å². The second kappa shape index (κ2) is 13.5. The van der Waals surface area contributed by atoms with E-state index >= 15 is 4.39 Å². The summed E-state index contributed by atoms with van der Waals surface area (Å²) in [5.74, 6) is 1.02. The van der Waals surface area contributed by atoms with E-state index in [1.54, 1.807) is 50.6 Å². The number of methoxy groups -OCH3 is 2. The molecule has 9 heteroatoms. The van der Waals surface area contributed by atoms with E-state index < -0.39 is 0 Å². The summed E-state index contributed by atoms with van der Waals surface area (Å²) in [5, 5.41) is 16.1. The number of halogens is 1. The highest BCUT2D eigenvalue weighted by Gasteiger charge is 2.18. The van der Waals surface area contributed by atoms with E-state index in [1.165, 1.54) is 0 Å². The number of hydrogen-bond acceptors (Lipinski definition) is 8. The molecule has 0 atom stereocenters. The first-order valence-corrected chi connectivity index (χ1v) is 12.7. The van der Waals surface area contributed by atoms with Crippen LogP contribution < -0.4 is 19.3 Å². The van der Waals surface area contributed by atoms with Crippen LogP contribution in [0.25, 0.3) is 0 Å². The van der Waals surface area contributed by atoms with Crippen molar-refractivity contribution in [2.45, 2.75) is 26.9 Å². The molecule has 208 valence electrons. The molecule has 0 fully saturated rings. The van der Waals surface area contributed by atoms with E-state index in [2.05, 4.69) is 0 Å². The Kier molecular flexibility index (Phi) is 10.1. The van der Waals surface area contributed by atoms with Crippen molar-refractivity contribution >= 4 is 23.2 Å². The molecule has 0 aliphatic carbocycles. The predicted molar refractivity (Wildman–Crippen MR) is 154 cm³/mol. The van der Waals surface area contributed by atoms with Gasteiger partial charge in [-0.1, -0.05) is 18.2 Å². The molecule has 0 aromatic heterocycles. The number of nitrogens with one attached hydrogen (secondary N) is 2. The highest BCUT2D eigenvalue weighted by Crippen LogP contribution is 2.32. The van der Waals surface area contributed by atoms with Crippen LogP contribution in [0.3, 0.4) is 0 Å². The third-order valence-corrected chi connectivity index (χ3v) is 6.27. The van der Waals surface area contributed by atoms with Crippen molar-refractivity contribution in [3.05, 3.63) is 82.7 Å². The van der Waals surface area contributed by atoms with E-state index in [0.717, 1.165) is 11.1 Å². The lowest BCUT2D eigenvalue weighted by atomic mass is 10.1. The standard InChI is InChI=1S/C30H37FN4O4/c1-7-38-29(32)20-12-14-22(26(16-20)36-5)18-34(3)24-10-9-11-25(28(24)31)35(4)19-23-15-13-21(17-27(23)37-6)30(33)39-8-2/h9-17,32-33H,7-8,18-19H2,1-6H3. The summed E-state index contributed by atoms with van der Waals surface area (Å²) in [6, 6.07) is 16.2. The molecule has 3 aromatic carbocycles. The molecule has 0 aliphatic heterocycles. The summed E-state index contributed by atoms with van der Waals surface area (Å²) in [7, 11) is 6.80. The summed E-state index contributed by atoms with van der Waals surface area (Å²) in [6.45, 7) is 5.28. The predicted octanol–water partition coefficient (Wildman–Crippen LogP) is 5.84. The number of benzene rings is 3. The smallest absolute Gasteiger partial charge is 0.213 e. The summed E-state index contributed by atoms with van der Waals surface area (Å²) >= 11 is 0. The molecular formula is C30H37FN4O4. The monoisotopic (exact) mass is 536 g/mol. The SMILES string of the molecule is CCOC(=N)c1ccc(CN(C)c2cccc(N(C)Cc3ccc(C(=N)OCC)cc3OC)c2F)c(OC)c1. The lowest BCUT2D eigenvalue weighted by Gasteiger charge is -2.26. The molecule has 0 amide bonds. The molecule has 0 saturated carbocycles. The summed E-state index contributed by atoms with van der Waals surface area (Å²) in [4.78, 5) is 3.65. The molecule has 39 heavy (non-hydrogen) atoms. The minimum atomic E-state index is -0.343. The molecular weight excluding hydrogens is 499 g/mol. The summed E-state index contributed by atoms with van der Waals surface area (Å²) < 4.78 is 37.5. The second-order valence-corrected chi connectivity index (χ2v) is 8.90. The number of anilines is 2. The van der Waals surface area contributed by atoms with Gasteiger partial charge in [0.1, 0.15) is 11.5 Å². The molecule has 3 aromatic rings. The van der Waals surface area contributed by atoms with Crippen molar-refractivity contribution in [3.63, 3.8) is 0 Å². The van der Waals surface area contributed by atoms with Crippen LogP contribution in [-0.4, -0.2) is 53.3 Å². The van der Waals surface area contributed by atoms with Crippen molar-refractivity contribution in [3.8, 4) is 11.5 Å². The number of nitrogens with zero attached hydrogens (tertiary/aromatic N) is 2. The average Bonchev–Trinajstić information content (AvgIpc) is 2.93. The fraction of sp³-hybridized carbons (Fsp3) is 0.333. The van der Waals surface area contributed by atoms with Gasteiger partial charge in [0.15, 0.2) is 5.82 Å². The fourth-order valence-corrected chi connectivity index (χ4v) is 4.27. The Bertz CT molecular complexity index is 1220. The van der Waals surface area contributed by atoms with E-state index in [1.807, 2.05) is 55.9 Å². The molecule has 2 N–H and O–H groups in total. The van der Waals surface area contributed by atoms with Gasteiger partial charge >= 0.3 is 0 Å². The normalized spacial score (nSPS) is 10.5. The summed E-state index contributed by atoms with van der Waals surface area (Å²) in [6.07, 6.45) is 0. The van der Waals surface area contributed by atoms with Crippen molar-refractivity contribution in [2.75, 3.05) is 51.3 Å². The van der Waals surface area contributed by atoms with Crippen LogP contribution >= 0.6 is 0 Å². The highest BCUT2D eigenvalue weighted by atomic mass is 19.1. The molecule has 8 nitrogen and oxygen atoms in total. The van der Waals surface area contributed by atoms with Crippen molar-refractivity contribution < 1.29 is 23.3 Å². The lowest BCUT2D eigenvalue weighted by Crippen LogP contribution is -2.22. The van der Waals surface area contributed by atoms with Crippen LogP contribution in [0.2, 0.25) is 0 Å². The number of rotatable bonds is 12. The Balaban J connectivity index is 1.81. The molecule has 0 aliphatic rings. The van der Waals surface area contributed by atoms with Gasteiger partial charge in [-0.25, -0.2) is 4.39 Å². The van der Waals surface area contributed by atoms with Crippen LogP contribution in [0.15, 0.2) is 54.6 Å². The van der Waals surface area contributed by atoms with E-state index in [0.29, 0.717) is 60.3 Å².